The molecule has 0 fully saturated rings. The number of esters is 1. The smallest absolute Gasteiger partial charge is 0.439 e. The number of alkyl halides is 8. The van der Waals surface area contributed by atoms with Gasteiger partial charge in [-0.15, -0.1) is 0 Å². The number of pyridine rings is 1. The van der Waals surface area contributed by atoms with Crippen LogP contribution in [0.1, 0.15) is 61.4 Å². The first kappa shape index (κ1) is 26.1. The molecule has 0 radical (unpaired) electrons. The minimum atomic E-state index is -5.34. The average Bonchev–Trinajstić information content (AvgIpc) is 2.58. The first-order valence-electron chi connectivity index (χ1n) is 8.56. The van der Waals surface area contributed by atoms with Crippen LogP contribution < -0.4 is 0 Å². The van der Waals surface area contributed by atoms with E-state index >= 15 is 0 Å². The first-order valence-corrected chi connectivity index (χ1v) is 9.44. The van der Waals surface area contributed by atoms with Crippen molar-refractivity contribution in [3.63, 3.8) is 0 Å². The second-order valence-corrected chi connectivity index (χ2v) is 7.57. The molecule has 1 heterocycles. The van der Waals surface area contributed by atoms with Crippen LogP contribution in [-0.2, 0) is 17.3 Å². The summed E-state index contributed by atoms with van der Waals surface area (Å²) in [5.74, 6) is -1.54. The Morgan fingerprint density at radius 3 is 2.07 bits per heavy atom. The number of carbonyl (C=O) groups excluding carboxylic acids is 1. The lowest BCUT2D eigenvalue weighted by atomic mass is 9.99. The summed E-state index contributed by atoms with van der Waals surface area (Å²) in [5, 5.41) is -2.22. The van der Waals surface area contributed by atoms with Crippen molar-refractivity contribution in [1.82, 2.24) is 4.98 Å². The van der Waals surface area contributed by atoms with Gasteiger partial charge >= 0.3 is 18.3 Å². The molecule has 0 aliphatic carbocycles. The van der Waals surface area contributed by atoms with Crippen LogP contribution in [0.3, 0.4) is 0 Å². The molecule has 0 bridgehead atoms. The number of hydrogen-bond acceptors (Lipinski definition) is 5. The van der Waals surface area contributed by atoms with E-state index in [1.807, 2.05) is 0 Å². The molecule has 0 aliphatic rings. The largest absolute Gasteiger partial charge is 0.462 e. The molecule has 0 saturated carbocycles. The van der Waals surface area contributed by atoms with Gasteiger partial charge in [0.05, 0.1) is 17.9 Å². The van der Waals surface area contributed by atoms with Gasteiger partial charge in [-0.05, 0) is 18.9 Å². The summed E-state index contributed by atoms with van der Waals surface area (Å²) in [5.41, 5.74) is -6.66. The van der Waals surface area contributed by atoms with E-state index in [4.69, 9.17) is 0 Å². The molecule has 0 saturated heterocycles. The van der Waals surface area contributed by atoms with Crippen molar-refractivity contribution in [3.05, 3.63) is 22.5 Å². The Hall–Kier alpha value is -1.92. The fraction of sp³-hybridized carbons (Fsp3) is 0.588. The minimum Gasteiger partial charge on any atom is -0.462 e. The number of aliphatic imine (C=N–C) groups is 1. The lowest BCUT2D eigenvalue weighted by Crippen LogP contribution is -2.23. The van der Waals surface area contributed by atoms with Crippen molar-refractivity contribution in [2.45, 2.75) is 58.1 Å². The molecule has 170 valence electrons. The molecule has 30 heavy (non-hydrogen) atoms. The molecule has 4 nitrogen and oxygen atoms in total. The molecule has 0 amide bonds. The highest BCUT2D eigenvalue weighted by molar-refractivity contribution is 8.14. The standard InChI is InChI=1S/C17H18F8N2O2S/c1-5-8-9(14(28)29-6-2)12(16(20,21)22)26-11(13(18)19)10(8)27-15(17(23,24)25)30-7(3)4/h7,13H,5-6H2,1-4H3. The highest BCUT2D eigenvalue weighted by Crippen LogP contribution is 2.42. The maximum atomic E-state index is 13.5. The molecule has 0 spiro atoms. The van der Waals surface area contributed by atoms with Crippen LogP contribution in [0.2, 0.25) is 0 Å². The predicted molar refractivity (Wildman–Crippen MR) is 95.4 cm³/mol. The quantitative estimate of drug-likeness (QED) is 0.208. The monoisotopic (exact) mass is 466 g/mol. The number of nitrogens with zero attached hydrogens (tertiary/aromatic N) is 2. The van der Waals surface area contributed by atoms with Crippen LogP contribution in [0.4, 0.5) is 40.8 Å². The molecule has 0 atom stereocenters. The number of halogens is 8. The summed E-state index contributed by atoms with van der Waals surface area (Å²) in [7, 11) is 0. The van der Waals surface area contributed by atoms with E-state index in [-0.39, 0.29) is 18.4 Å². The van der Waals surface area contributed by atoms with Crippen molar-refractivity contribution in [3.8, 4) is 0 Å². The summed E-state index contributed by atoms with van der Waals surface area (Å²) in [4.78, 5) is 18.2. The average molecular weight is 466 g/mol. The third-order valence-electron chi connectivity index (χ3n) is 3.41. The number of hydrogen-bond donors (Lipinski definition) is 0. The van der Waals surface area contributed by atoms with Crippen molar-refractivity contribution in [2.75, 3.05) is 6.61 Å². The molecular formula is C17H18F8N2O2S. The molecule has 0 aliphatic heterocycles. The number of thioether (sulfide) groups is 1. The van der Waals surface area contributed by atoms with Crippen molar-refractivity contribution < 1.29 is 44.7 Å². The Labute approximate surface area is 171 Å². The fourth-order valence-electron chi connectivity index (χ4n) is 2.38. The van der Waals surface area contributed by atoms with E-state index < -0.39 is 69.7 Å². The van der Waals surface area contributed by atoms with E-state index in [0.29, 0.717) is 0 Å². The molecular weight excluding hydrogens is 448 g/mol. The molecule has 0 N–H and O–H groups in total. The van der Waals surface area contributed by atoms with Crippen LogP contribution in [0.15, 0.2) is 4.99 Å². The van der Waals surface area contributed by atoms with E-state index in [1.165, 1.54) is 27.7 Å². The third-order valence-corrected chi connectivity index (χ3v) is 4.43. The summed E-state index contributed by atoms with van der Waals surface area (Å²) >= 11 is 0.189. The van der Waals surface area contributed by atoms with E-state index in [1.54, 1.807) is 0 Å². The highest BCUT2D eigenvalue weighted by Gasteiger charge is 2.43. The zero-order chi connectivity index (χ0) is 23.4. The highest BCUT2D eigenvalue weighted by atomic mass is 32.2. The van der Waals surface area contributed by atoms with Crippen LogP contribution >= 0.6 is 11.8 Å². The molecule has 1 rings (SSSR count). The second kappa shape index (κ2) is 9.92. The van der Waals surface area contributed by atoms with Gasteiger partial charge in [0.2, 0.25) is 0 Å². The summed E-state index contributed by atoms with van der Waals surface area (Å²) < 4.78 is 112. The summed E-state index contributed by atoms with van der Waals surface area (Å²) in [6.45, 7) is 4.89. The number of carbonyl (C=O) groups is 1. The molecule has 1 aromatic rings. The number of aromatic nitrogens is 1. The fourth-order valence-corrected chi connectivity index (χ4v) is 3.10. The summed E-state index contributed by atoms with van der Waals surface area (Å²) in [6.07, 6.45) is -14.6. The van der Waals surface area contributed by atoms with E-state index in [2.05, 4.69) is 14.7 Å². The van der Waals surface area contributed by atoms with E-state index in [0.717, 1.165) is 0 Å². The zero-order valence-electron chi connectivity index (χ0n) is 16.2. The summed E-state index contributed by atoms with van der Waals surface area (Å²) in [6, 6.07) is 0. The normalized spacial score (nSPS) is 13.3. The van der Waals surface area contributed by atoms with Crippen LogP contribution in [0.25, 0.3) is 0 Å². The Morgan fingerprint density at radius 1 is 1.13 bits per heavy atom. The SMILES string of the molecule is CCOC(=O)c1c(C(F)(F)F)nc(C(F)F)c(N=C(SC(C)C)C(F)(F)F)c1CC. The first-order chi connectivity index (χ1) is 13.6. The Bertz CT molecular complexity index is 804. The topological polar surface area (TPSA) is 51.5 Å². The van der Waals surface area contributed by atoms with Gasteiger partial charge in [0.1, 0.15) is 5.69 Å². The van der Waals surface area contributed by atoms with Crippen molar-refractivity contribution in [1.29, 1.82) is 0 Å². The van der Waals surface area contributed by atoms with Crippen molar-refractivity contribution in [2.24, 2.45) is 4.99 Å². The van der Waals surface area contributed by atoms with Gasteiger partial charge in [-0.2, -0.15) is 26.3 Å². The third kappa shape index (κ3) is 6.29. The maximum absolute atomic E-state index is 13.5. The van der Waals surface area contributed by atoms with Crippen LogP contribution in [0, 0.1) is 0 Å². The minimum absolute atomic E-state index is 0.189. The number of rotatable bonds is 6. The van der Waals surface area contributed by atoms with E-state index in [9.17, 15) is 39.9 Å². The van der Waals surface area contributed by atoms with Gasteiger partial charge in [-0.3, -0.25) is 0 Å². The molecule has 13 heteroatoms. The van der Waals surface area contributed by atoms with Gasteiger partial charge in [-0.1, -0.05) is 32.5 Å². The van der Waals surface area contributed by atoms with Gasteiger partial charge < -0.3 is 4.74 Å². The van der Waals surface area contributed by atoms with Gasteiger partial charge in [0.15, 0.2) is 10.7 Å². The Morgan fingerprint density at radius 2 is 1.70 bits per heavy atom. The van der Waals surface area contributed by atoms with Gasteiger partial charge in [0, 0.05) is 5.25 Å². The Kier molecular flexibility index (Phi) is 8.64. The van der Waals surface area contributed by atoms with Crippen LogP contribution in [-0.4, -0.2) is 34.0 Å². The van der Waals surface area contributed by atoms with Crippen LogP contribution in [0.5, 0.6) is 0 Å². The maximum Gasteiger partial charge on any atom is 0.439 e. The van der Waals surface area contributed by atoms with Gasteiger partial charge in [0.25, 0.3) is 6.43 Å². The Balaban J connectivity index is 4.08. The molecule has 1 aromatic heterocycles. The lowest BCUT2D eigenvalue weighted by Gasteiger charge is -2.20. The zero-order valence-corrected chi connectivity index (χ0v) is 17.0. The second-order valence-electron chi connectivity index (χ2n) is 6.00. The van der Waals surface area contributed by atoms with Crippen molar-refractivity contribution >= 4 is 28.5 Å². The molecule has 0 unspecified atom stereocenters. The lowest BCUT2D eigenvalue weighted by molar-refractivity contribution is -0.142. The number of ether oxygens (including phenoxy) is 1. The predicted octanol–water partition coefficient (Wildman–Crippen LogP) is 6.51. The molecule has 0 aromatic carbocycles. The van der Waals surface area contributed by atoms with Gasteiger partial charge in [-0.25, -0.2) is 23.6 Å².